The molecule has 0 bridgehead atoms. The Balaban J connectivity index is 2.32. The lowest BCUT2D eigenvalue weighted by atomic mass is 10.1. The summed E-state index contributed by atoms with van der Waals surface area (Å²) in [4.78, 5) is 9.97. The summed E-state index contributed by atoms with van der Waals surface area (Å²) in [6, 6.07) is 0.265. The molecule has 2 heteroatoms. The first-order valence-electron chi connectivity index (χ1n) is 2.96. The highest BCUT2D eigenvalue weighted by molar-refractivity contribution is 5.55. The molecular weight excluding hydrogens is 102 g/mol. The number of rotatable bonds is 1. The van der Waals surface area contributed by atoms with Crippen LogP contribution in [0.4, 0.5) is 0 Å². The minimum absolute atomic E-state index is 0.144. The average molecular weight is 112 g/mol. The zero-order chi connectivity index (χ0) is 5.98. The van der Waals surface area contributed by atoms with Crippen molar-refractivity contribution in [1.82, 2.24) is 0 Å². The van der Waals surface area contributed by atoms with Gasteiger partial charge in [0.2, 0.25) is 6.29 Å². The van der Waals surface area contributed by atoms with Gasteiger partial charge in [-0.15, -0.1) is 0 Å². The Morgan fingerprint density at radius 1 is 1.50 bits per heavy atom. The maximum atomic E-state index is 9.97. The Labute approximate surface area is 49.1 Å². The molecule has 1 saturated carbocycles. The number of hydrogen-bond acceptors (Lipinski definition) is 2. The van der Waals surface area contributed by atoms with E-state index >= 15 is 0 Å². The van der Waals surface area contributed by atoms with Gasteiger partial charge in [0.1, 0.15) is 0 Å². The minimum atomic E-state index is 0.144. The summed E-state index contributed by atoms with van der Waals surface area (Å²) in [5.41, 5.74) is 5.52. The van der Waals surface area contributed by atoms with E-state index in [0.717, 1.165) is 19.3 Å². The van der Waals surface area contributed by atoms with Crippen LogP contribution in [0.1, 0.15) is 19.3 Å². The molecule has 0 aliphatic heterocycles. The van der Waals surface area contributed by atoms with E-state index < -0.39 is 0 Å². The summed E-state index contributed by atoms with van der Waals surface area (Å²) in [6.45, 7) is 0. The van der Waals surface area contributed by atoms with E-state index in [1.807, 2.05) is 6.29 Å². The highest BCUT2D eigenvalue weighted by Gasteiger charge is 2.20. The molecule has 1 radical (unpaired) electrons. The fourth-order valence-electron chi connectivity index (χ4n) is 1.12. The monoisotopic (exact) mass is 112 g/mol. The Hall–Kier alpha value is -0.370. The maximum absolute atomic E-state index is 9.97. The molecule has 1 rings (SSSR count). The van der Waals surface area contributed by atoms with Crippen molar-refractivity contribution in [2.75, 3.05) is 0 Å². The van der Waals surface area contributed by atoms with Crippen molar-refractivity contribution in [3.05, 3.63) is 0 Å². The first-order valence-corrected chi connectivity index (χ1v) is 2.96. The molecule has 1 fully saturated rings. The summed E-state index contributed by atoms with van der Waals surface area (Å²) in [5, 5.41) is 0. The molecule has 0 aromatic carbocycles. The van der Waals surface area contributed by atoms with Crippen LogP contribution in [0, 0.1) is 5.92 Å². The summed E-state index contributed by atoms with van der Waals surface area (Å²) < 4.78 is 0. The molecule has 0 unspecified atom stereocenters. The van der Waals surface area contributed by atoms with Crippen LogP contribution in [0.3, 0.4) is 0 Å². The summed E-state index contributed by atoms with van der Waals surface area (Å²) in [6.07, 6.45) is 4.76. The van der Waals surface area contributed by atoms with Gasteiger partial charge in [-0.3, -0.25) is 4.79 Å². The fourth-order valence-corrected chi connectivity index (χ4v) is 1.12. The van der Waals surface area contributed by atoms with Crippen LogP contribution in [0.5, 0.6) is 0 Å². The van der Waals surface area contributed by atoms with Crippen molar-refractivity contribution >= 4 is 6.29 Å². The molecule has 45 valence electrons. The third kappa shape index (κ3) is 1.07. The van der Waals surface area contributed by atoms with Crippen molar-refractivity contribution in [3.8, 4) is 0 Å². The number of carbonyl (C=O) groups excluding carboxylic acids is 1. The van der Waals surface area contributed by atoms with Gasteiger partial charge in [0.25, 0.3) is 0 Å². The zero-order valence-corrected chi connectivity index (χ0v) is 4.76. The van der Waals surface area contributed by atoms with E-state index in [4.69, 9.17) is 5.73 Å². The lowest BCUT2D eigenvalue weighted by molar-refractivity contribution is 0.520. The van der Waals surface area contributed by atoms with Gasteiger partial charge in [-0.1, -0.05) is 0 Å². The highest BCUT2D eigenvalue weighted by Crippen LogP contribution is 2.21. The molecule has 0 amide bonds. The van der Waals surface area contributed by atoms with Crippen molar-refractivity contribution in [1.29, 1.82) is 0 Å². The molecule has 1 aliphatic rings. The smallest absolute Gasteiger partial charge is 0.201 e. The van der Waals surface area contributed by atoms with E-state index in [0.29, 0.717) is 0 Å². The lowest BCUT2D eigenvalue weighted by Gasteiger charge is -1.95. The van der Waals surface area contributed by atoms with E-state index in [2.05, 4.69) is 0 Å². The van der Waals surface area contributed by atoms with Gasteiger partial charge in [0, 0.05) is 12.0 Å². The van der Waals surface area contributed by atoms with E-state index in [1.54, 1.807) is 0 Å². The van der Waals surface area contributed by atoms with Gasteiger partial charge < -0.3 is 5.73 Å². The zero-order valence-electron chi connectivity index (χ0n) is 4.76. The maximum Gasteiger partial charge on any atom is 0.201 e. The normalized spacial score (nSPS) is 37.6. The topological polar surface area (TPSA) is 43.1 Å². The Morgan fingerprint density at radius 2 is 2.25 bits per heavy atom. The summed E-state index contributed by atoms with van der Waals surface area (Å²) in [7, 11) is 0. The first kappa shape index (κ1) is 5.76. The van der Waals surface area contributed by atoms with Crippen LogP contribution < -0.4 is 5.73 Å². The SMILES string of the molecule is N[C@@H]1CC[C@H]([C]=O)C1. The fraction of sp³-hybridized carbons (Fsp3) is 0.833. The molecule has 0 heterocycles. The molecule has 2 N–H and O–H groups in total. The molecule has 0 spiro atoms. The van der Waals surface area contributed by atoms with Gasteiger partial charge in [-0.25, -0.2) is 0 Å². The van der Waals surface area contributed by atoms with Gasteiger partial charge >= 0.3 is 0 Å². The van der Waals surface area contributed by atoms with Gasteiger partial charge in [-0.05, 0) is 19.3 Å². The standard InChI is InChI=1S/C6H10NO/c7-6-2-1-5(3-6)4-8/h5-6H,1-3,7H2/t5-,6+/m0/s1. The van der Waals surface area contributed by atoms with Gasteiger partial charge in [-0.2, -0.15) is 0 Å². The Bertz CT molecular complexity index is 92.5. The van der Waals surface area contributed by atoms with Crippen LogP contribution in [0.25, 0.3) is 0 Å². The second-order valence-corrected chi connectivity index (χ2v) is 2.39. The molecule has 2 nitrogen and oxygen atoms in total. The van der Waals surface area contributed by atoms with E-state index in [9.17, 15) is 4.79 Å². The molecule has 0 aromatic heterocycles. The molecule has 0 aromatic rings. The lowest BCUT2D eigenvalue weighted by Crippen LogP contribution is -2.14. The molecular formula is C6H10NO. The van der Waals surface area contributed by atoms with Crippen LogP contribution >= 0.6 is 0 Å². The van der Waals surface area contributed by atoms with Crippen molar-refractivity contribution in [2.45, 2.75) is 25.3 Å². The molecule has 1 aliphatic carbocycles. The third-order valence-corrected chi connectivity index (χ3v) is 1.64. The molecule has 0 saturated heterocycles. The summed E-state index contributed by atoms with van der Waals surface area (Å²) >= 11 is 0. The van der Waals surface area contributed by atoms with Crippen molar-refractivity contribution < 1.29 is 4.79 Å². The minimum Gasteiger partial charge on any atom is -0.328 e. The van der Waals surface area contributed by atoms with Crippen LogP contribution in [-0.4, -0.2) is 12.3 Å². The predicted molar refractivity (Wildman–Crippen MR) is 31.0 cm³/mol. The predicted octanol–water partition coefficient (Wildman–Crippen LogP) is 0.224. The first-order chi connectivity index (χ1) is 3.83. The van der Waals surface area contributed by atoms with E-state index in [-0.39, 0.29) is 12.0 Å². The number of nitrogens with two attached hydrogens (primary N) is 1. The third-order valence-electron chi connectivity index (χ3n) is 1.64. The highest BCUT2D eigenvalue weighted by atomic mass is 16.1. The van der Waals surface area contributed by atoms with Crippen LogP contribution in [0.15, 0.2) is 0 Å². The average Bonchev–Trinajstić information content (AvgIpc) is 2.14. The Kier molecular flexibility index (Phi) is 1.63. The molecule has 8 heavy (non-hydrogen) atoms. The largest absolute Gasteiger partial charge is 0.328 e. The van der Waals surface area contributed by atoms with Crippen molar-refractivity contribution in [2.24, 2.45) is 11.7 Å². The van der Waals surface area contributed by atoms with E-state index in [1.165, 1.54) is 0 Å². The van der Waals surface area contributed by atoms with Crippen LogP contribution in [-0.2, 0) is 4.79 Å². The summed E-state index contributed by atoms with van der Waals surface area (Å²) in [5.74, 6) is 0.144. The quantitative estimate of drug-likeness (QED) is 0.527. The Morgan fingerprint density at radius 3 is 2.50 bits per heavy atom. The number of hydrogen-bond donors (Lipinski definition) is 1. The molecule has 2 atom stereocenters. The van der Waals surface area contributed by atoms with Gasteiger partial charge in [0.05, 0.1) is 0 Å². The van der Waals surface area contributed by atoms with Crippen LogP contribution in [0.2, 0.25) is 0 Å². The second kappa shape index (κ2) is 2.27. The van der Waals surface area contributed by atoms with Gasteiger partial charge in [0.15, 0.2) is 0 Å². The second-order valence-electron chi connectivity index (χ2n) is 2.39. The van der Waals surface area contributed by atoms with Crippen molar-refractivity contribution in [3.63, 3.8) is 0 Å².